The highest BCUT2D eigenvalue weighted by Crippen LogP contribution is 2.31. The van der Waals surface area contributed by atoms with Crippen LogP contribution >= 0.6 is 0 Å². The lowest BCUT2D eigenvalue weighted by Crippen LogP contribution is -2.37. The number of H-pyrrole nitrogens is 1. The Hall–Kier alpha value is -2.76. The van der Waals surface area contributed by atoms with Gasteiger partial charge < -0.3 is 14.8 Å². The first-order chi connectivity index (χ1) is 16.6. The van der Waals surface area contributed by atoms with E-state index in [9.17, 15) is 18.3 Å². The van der Waals surface area contributed by atoms with Crippen molar-refractivity contribution >= 4 is 15.5 Å². The van der Waals surface area contributed by atoms with Crippen molar-refractivity contribution in [3.63, 3.8) is 0 Å². The van der Waals surface area contributed by atoms with Gasteiger partial charge in [0.15, 0.2) is 11.3 Å². The molecule has 0 aliphatic rings. The van der Waals surface area contributed by atoms with Crippen molar-refractivity contribution < 1.29 is 18.3 Å². The molecule has 1 aromatic carbocycles. The molecule has 2 aromatic heterocycles. The fourth-order valence-corrected chi connectivity index (χ4v) is 5.55. The van der Waals surface area contributed by atoms with Gasteiger partial charge in [-0.05, 0) is 51.8 Å². The van der Waals surface area contributed by atoms with Gasteiger partial charge in [-0.1, -0.05) is 20.3 Å². The number of fused-ring (bicyclic) bond motifs is 1. The number of unbranched alkanes of at least 4 members (excludes halogenated alkanes) is 1. The first-order valence-corrected chi connectivity index (χ1v) is 13.5. The topological polar surface area (TPSA) is 130 Å². The third-order valence-corrected chi connectivity index (χ3v) is 7.45. The summed E-state index contributed by atoms with van der Waals surface area (Å²) in [4.78, 5) is 20.3. The molecule has 3 rings (SSSR count). The number of aryl methyl sites for hydroxylation is 2. The van der Waals surface area contributed by atoms with Gasteiger partial charge in [-0.15, -0.1) is 5.10 Å². The molecular formula is C24H35N5O5S. The number of nitrogens with one attached hydrogen (secondary N) is 1. The van der Waals surface area contributed by atoms with E-state index in [0.717, 1.165) is 12.8 Å². The molecule has 2 N–H and O–H groups in total. The zero-order valence-electron chi connectivity index (χ0n) is 21.0. The summed E-state index contributed by atoms with van der Waals surface area (Å²) < 4.78 is 35.6. The van der Waals surface area contributed by atoms with E-state index in [1.54, 1.807) is 19.9 Å². The molecule has 1 atom stereocenters. The van der Waals surface area contributed by atoms with Crippen molar-refractivity contribution in [3.05, 3.63) is 40.1 Å². The number of hydrogen-bond donors (Lipinski definition) is 2. The number of hydrogen-bond acceptors (Lipinski definition) is 7. The Morgan fingerprint density at radius 2 is 1.97 bits per heavy atom. The molecule has 192 valence electrons. The van der Waals surface area contributed by atoms with Crippen molar-refractivity contribution in [1.82, 2.24) is 23.9 Å². The van der Waals surface area contributed by atoms with Crippen LogP contribution in [0.2, 0.25) is 0 Å². The smallest absolute Gasteiger partial charge is 0.277 e. The van der Waals surface area contributed by atoms with Crippen LogP contribution in [0, 0.1) is 6.92 Å². The van der Waals surface area contributed by atoms with Gasteiger partial charge >= 0.3 is 0 Å². The number of benzene rings is 1. The fraction of sp³-hybridized carbons (Fsp3) is 0.542. The number of ether oxygens (including phenoxy) is 1. The molecule has 10 nitrogen and oxygen atoms in total. The molecule has 0 aliphatic heterocycles. The van der Waals surface area contributed by atoms with E-state index in [1.807, 2.05) is 20.8 Å². The predicted molar refractivity (Wildman–Crippen MR) is 134 cm³/mol. The molecule has 0 bridgehead atoms. The molecule has 0 aliphatic carbocycles. The minimum Gasteiger partial charge on any atom is -0.493 e. The van der Waals surface area contributed by atoms with Crippen molar-refractivity contribution in [2.24, 2.45) is 0 Å². The lowest BCUT2D eigenvalue weighted by Gasteiger charge is -2.24. The van der Waals surface area contributed by atoms with E-state index < -0.39 is 16.1 Å². The Morgan fingerprint density at radius 1 is 1.23 bits per heavy atom. The molecule has 0 saturated heterocycles. The summed E-state index contributed by atoms with van der Waals surface area (Å²) in [5.41, 5.74) is 0.936. The normalized spacial score (nSPS) is 13.0. The summed E-state index contributed by atoms with van der Waals surface area (Å²) in [5, 5.41) is 14.5. The first kappa shape index (κ1) is 26.8. The minimum atomic E-state index is -3.92. The lowest BCUT2D eigenvalue weighted by atomic mass is 10.2. The zero-order chi connectivity index (χ0) is 25.8. The molecule has 11 heteroatoms. The number of aliphatic hydroxyl groups excluding tert-OH is 1. The monoisotopic (exact) mass is 505 g/mol. The van der Waals surface area contributed by atoms with Gasteiger partial charge in [0.25, 0.3) is 5.56 Å². The molecule has 3 aromatic rings. The SMILES string of the molecule is CCCCN(CC(C)O)S(=O)(=O)c1ccc(OCC)c(-c2nn3c(CCC)nc(C)c3c(=O)[nH]2)c1. The van der Waals surface area contributed by atoms with Crippen molar-refractivity contribution in [3.8, 4) is 17.1 Å². The highest BCUT2D eigenvalue weighted by molar-refractivity contribution is 7.89. The van der Waals surface area contributed by atoms with Gasteiger partial charge in [0.05, 0.1) is 28.9 Å². The maximum absolute atomic E-state index is 13.5. The van der Waals surface area contributed by atoms with E-state index in [1.165, 1.54) is 21.0 Å². The maximum Gasteiger partial charge on any atom is 0.277 e. The molecule has 1 unspecified atom stereocenters. The van der Waals surface area contributed by atoms with Crippen LogP contribution in [0.1, 0.15) is 58.5 Å². The summed E-state index contributed by atoms with van der Waals surface area (Å²) >= 11 is 0. The van der Waals surface area contributed by atoms with E-state index in [2.05, 4.69) is 15.1 Å². The molecular weight excluding hydrogens is 470 g/mol. The summed E-state index contributed by atoms with van der Waals surface area (Å²) in [5.74, 6) is 1.25. The summed E-state index contributed by atoms with van der Waals surface area (Å²) in [6.45, 7) is 9.76. The maximum atomic E-state index is 13.5. The molecule has 0 radical (unpaired) electrons. The second kappa shape index (κ2) is 11.3. The van der Waals surface area contributed by atoms with Gasteiger partial charge in [-0.25, -0.2) is 17.9 Å². The Labute approximate surface area is 206 Å². The molecule has 35 heavy (non-hydrogen) atoms. The van der Waals surface area contributed by atoms with Crippen molar-refractivity contribution in [2.75, 3.05) is 19.7 Å². The van der Waals surface area contributed by atoms with Crippen LogP contribution in [0.3, 0.4) is 0 Å². The van der Waals surface area contributed by atoms with Crippen molar-refractivity contribution in [2.45, 2.75) is 71.3 Å². The Morgan fingerprint density at radius 3 is 2.60 bits per heavy atom. The third kappa shape index (κ3) is 5.74. The quantitative estimate of drug-likeness (QED) is 0.387. The summed E-state index contributed by atoms with van der Waals surface area (Å²) in [6.07, 6.45) is 2.14. The van der Waals surface area contributed by atoms with Crippen molar-refractivity contribution in [1.29, 1.82) is 0 Å². The van der Waals surface area contributed by atoms with Crippen LogP contribution in [-0.4, -0.2) is 63.2 Å². The number of sulfonamides is 1. The number of aromatic nitrogens is 4. The third-order valence-electron chi connectivity index (χ3n) is 5.59. The molecule has 2 heterocycles. The van der Waals surface area contributed by atoms with E-state index in [-0.39, 0.29) is 22.8 Å². The van der Waals surface area contributed by atoms with Crippen LogP contribution in [-0.2, 0) is 16.4 Å². The standard InChI is InChI=1S/C24H35N5O5S/c1-6-9-13-28(15-16(4)30)35(32,33)18-11-12-20(34-8-3)19(14-18)23-26-24(31)22-17(5)25-21(10-7-2)29(22)27-23/h11-12,14,16,30H,6-10,13,15H2,1-5H3,(H,26,27,31). The van der Waals surface area contributed by atoms with Gasteiger partial charge in [-0.2, -0.15) is 4.31 Å². The average molecular weight is 506 g/mol. The Balaban J connectivity index is 2.19. The number of imidazole rings is 1. The van der Waals surface area contributed by atoms with Gasteiger partial charge in [-0.3, -0.25) is 4.79 Å². The second-order valence-electron chi connectivity index (χ2n) is 8.58. The zero-order valence-corrected chi connectivity index (χ0v) is 21.9. The Bertz CT molecular complexity index is 1330. The summed E-state index contributed by atoms with van der Waals surface area (Å²) in [6, 6.07) is 4.52. The second-order valence-corrected chi connectivity index (χ2v) is 10.5. The van der Waals surface area contributed by atoms with Gasteiger partial charge in [0.1, 0.15) is 11.6 Å². The average Bonchev–Trinajstić information content (AvgIpc) is 3.12. The Kier molecular flexibility index (Phi) is 8.68. The largest absolute Gasteiger partial charge is 0.493 e. The van der Waals surface area contributed by atoms with E-state index >= 15 is 0 Å². The van der Waals surface area contributed by atoms with Crippen LogP contribution in [0.5, 0.6) is 5.75 Å². The fourth-order valence-electron chi connectivity index (χ4n) is 3.97. The highest BCUT2D eigenvalue weighted by atomic mass is 32.2. The summed E-state index contributed by atoms with van der Waals surface area (Å²) in [7, 11) is -3.92. The lowest BCUT2D eigenvalue weighted by molar-refractivity contribution is 0.162. The minimum absolute atomic E-state index is 0.0133. The molecule has 0 amide bonds. The van der Waals surface area contributed by atoms with E-state index in [4.69, 9.17) is 4.74 Å². The molecule has 0 saturated carbocycles. The van der Waals surface area contributed by atoms with Gasteiger partial charge in [0, 0.05) is 19.5 Å². The van der Waals surface area contributed by atoms with Crippen LogP contribution in [0.15, 0.2) is 27.9 Å². The van der Waals surface area contributed by atoms with E-state index in [0.29, 0.717) is 54.3 Å². The molecule has 0 fully saturated rings. The number of nitrogens with zero attached hydrogens (tertiary/aromatic N) is 4. The molecule has 0 spiro atoms. The van der Waals surface area contributed by atoms with Crippen LogP contribution in [0.4, 0.5) is 0 Å². The van der Waals surface area contributed by atoms with Crippen LogP contribution in [0.25, 0.3) is 16.9 Å². The van der Waals surface area contributed by atoms with Gasteiger partial charge in [0.2, 0.25) is 10.0 Å². The van der Waals surface area contributed by atoms with Crippen LogP contribution < -0.4 is 10.3 Å². The number of aliphatic hydroxyl groups is 1. The highest BCUT2D eigenvalue weighted by Gasteiger charge is 2.27. The predicted octanol–water partition coefficient (Wildman–Crippen LogP) is 2.92. The number of aromatic amines is 1. The first-order valence-electron chi connectivity index (χ1n) is 12.1. The number of rotatable bonds is 12.